The molecule has 0 spiro atoms. The van der Waals surface area contributed by atoms with E-state index in [0.717, 1.165) is 29.5 Å². The van der Waals surface area contributed by atoms with Gasteiger partial charge in [0.05, 0.1) is 11.3 Å². The molecule has 0 atom stereocenters. The molecule has 26 heavy (non-hydrogen) atoms. The van der Waals surface area contributed by atoms with Crippen LogP contribution in [0.25, 0.3) is 17.4 Å². The molecule has 1 aliphatic rings. The first kappa shape index (κ1) is 18.4. The van der Waals surface area contributed by atoms with Crippen LogP contribution in [0.1, 0.15) is 24.7 Å². The first-order valence-corrected chi connectivity index (χ1v) is 9.36. The van der Waals surface area contributed by atoms with Crippen LogP contribution >= 0.6 is 24.0 Å². The van der Waals surface area contributed by atoms with Gasteiger partial charge in [0.25, 0.3) is 5.91 Å². The lowest BCUT2D eigenvalue weighted by atomic mass is 10.1. The Kier molecular flexibility index (Phi) is 5.58. The van der Waals surface area contributed by atoms with Crippen LogP contribution in [0.3, 0.4) is 0 Å². The van der Waals surface area contributed by atoms with E-state index in [1.54, 1.807) is 12.1 Å². The number of thiocarbonyl (C=S) groups is 1. The zero-order chi connectivity index (χ0) is 18.7. The molecule has 1 N–H and O–H groups in total. The second kappa shape index (κ2) is 7.88. The second-order valence-electron chi connectivity index (χ2n) is 5.73. The lowest BCUT2D eigenvalue weighted by Gasteiger charge is -2.12. The van der Waals surface area contributed by atoms with E-state index in [-0.39, 0.29) is 18.9 Å². The van der Waals surface area contributed by atoms with Gasteiger partial charge in [-0.1, -0.05) is 55.2 Å². The zero-order valence-corrected chi connectivity index (χ0v) is 15.7. The Labute approximate surface area is 160 Å². The molecule has 2 heterocycles. The number of carboxylic acids is 1. The Morgan fingerprint density at radius 2 is 2.00 bits per heavy atom. The van der Waals surface area contributed by atoms with Crippen LogP contribution in [0.5, 0.6) is 0 Å². The van der Waals surface area contributed by atoms with Gasteiger partial charge >= 0.3 is 5.97 Å². The molecule has 3 rings (SSSR count). The summed E-state index contributed by atoms with van der Waals surface area (Å²) >= 11 is 6.33. The Morgan fingerprint density at radius 3 is 2.65 bits per heavy atom. The Hall–Kier alpha value is -2.38. The molecule has 1 amide bonds. The number of aliphatic carboxylic acids is 1. The Morgan fingerprint density at radius 1 is 1.27 bits per heavy atom. The number of hydrogen-bond acceptors (Lipinski definition) is 5. The van der Waals surface area contributed by atoms with Crippen molar-refractivity contribution in [2.45, 2.75) is 19.8 Å². The minimum absolute atomic E-state index is 0.0739. The van der Waals surface area contributed by atoms with Gasteiger partial charge in [0.15, 0.2) is 0 Å². The summed E-state index contributed by atoms with van der Waals surface area (Å²) < 4.78 is 6.19. The quantitative estimate of drug-likeness (QED) is 0.592. The highest BCUT2D eigenvalue weighted by Gasteiger charge is 2.32. The third-order valence-electron chi connectivity index (χ3n) is 3.97. The normalized spacial score (nSPS) is 15.9. The van der Waals surface area contributed by atoms with Crippen molar-refractivity contribution >= 4 is 46.3 Å². The number of aryl methyl sites for hydroxylation is 1. The highest BCUT2D eigenvalue weighted by atomic mass is 32.2. The summed E-state index contributed by atoms with van der Waals surface area (Å²) in [6, 6.07) is 11.8. The number of carboxylic acid groups (broad SMARTS) is 1. The fourth-order valence-corrected chi connectivity index (χ4v) is 3.81. The summed E-state index contributed by atoms with van der Waals surface area (Å²) in [5.74, 6) is 0.0258. The molecule has 1 fully saturated rings. The average Bonchev–Trinajstić information content (AvgIpc) is 3.19. The van der Waals surface area contributed by atoms with Crippen molar-refractivity contribution in [2.24, 2.45) is 0 Å². The fraction of sp³-hybridized carbons (Fsp3) is 0.211. The molecule has 0 radical (unpaired) electrons. The van der Waals surface area contributed by atoms with E-state index < -0.39 is 5.97 Å². The molecule has 0 saturated carbocycles. The maximum absolute atomic E-state index is 12.4. The van der Waals surface area contributed by atoms with Gasteiger partial charge in [-0.2, -0.15) is 0 Å². The van der Waals surface area contributed by atoms with E-state index >= 15 is 0 Å². The van der Waals surface area contributed by atoms with Gasteiger partial charge in [-0.3, -0.25) is 14.5 Å². The van der Waals surface area contributed by atoms with Gasteiger partial charge in [0.2, 0.25) is 0 Å². The monoisotopic (exact) mass is 387 g/mol. The third-order valence-corrected chi connectivity index (χ3v) is 5.35. The molecule has 0 bridgehead atoms. The number of carbonyl (C=O) groups excluding carboxylic acids is 1. The summed E-state index contributed by atoms with van der Waals surface area (Å²) in [7, 11) is 0. The van der Waals surface area contributed by atoms with E-state index in [1.807, 2.05) is 18.2 Å². The number of carbonyl (C=O) groups is 2. The van der Waals surface area contributed by atoms with Crippen molar-refractivity contribution in [2.75, 3.05) is 6.54 Å². The molecular formula is C19H17NO4S2. The molecule has 1 aliphatic heterocycles. The summed E-state index contributed by atoms with van der Waals surface area (Å²) in [4.78, 5) is 24.8. The van der Waals surface area contributed by atoms with Crippen LogP contribution in [-0.4, -0.2) is 32.7 Å². The van der Waals surface area contributed by atoms with Gasteiger partial charge < -0.3 is 9.52 Å². The highest BCUT2D eigenvalue weighted by molar-refractivity contribution is 8.26. The van der Waals surface area contributed by atoms with Gasteiger partial charge in [0.1, 0.15) is 15.8 Å². The van der Waals surface area contributed by atoms with Crippen molar-refractivity contribution in [1.29, 1.82) is 0 Å². The minimum atomic E-state index is -0.965. The molecule has 5 nitrogen and oxygen atoms in total. The van der Waals surface area contributed by atoms with E-state index in [2.05, 4.69) is 19.1 Å². The van der Waals surface area contributed by atoms with Crippen LogP contribution in [-0.2, 0) is 16.0 Å². The molecule has 134 valence electrons. The molecule has 7 heteroatoms. The summed E-state index contributed by atoms with van der Waals surface area (Å²) in [6.45, 7) is 2.18. The van der Waals surface area contributed by atoms with Gasteiger partial charge in [-0.25, -0.2) is 0 Å². The molecular weight excluding hydrogens is 370 g/mol. The summed E-state index contributed by atoms with van der Waals surface area (Å²) in [5.41, 5.74) is 2.22. The maximum atomic E-state index is 12.4. The largest absolute Gasteiger partial charge is 0.481 e. The molecule has 0 aliphatic carbocycles. The minimum Gasteiger partial charge on any atom is -0.481 e. The lowest BCUT2D eigenvalue weighted by Crippen LogP contribution is -2.30. The molecule has 1 aromatic heterocycles. The number of furan rings is 1. The van der Waals surface area contributed by atoms with Crippen LogP contribution in [0.2, 0.25) is 0 Å². The van der Waals surface area contributed by atoms with Crippen LogP contribution in [0.4, 0.5) is 0 Å². The summed E-state index contributed by atoms with van der Waals surface area (Å²) in [5, 5.41) is 8.77. The van der Waals surface area contributed by atoms with Crippen LogP contribution in [0, 0.1) is 0 Å². The van der Waals surface area contributed by atoms with Gasteiger partial charge in [-0.05, 0) is 24.1 Å². The third kappa shape index (κ3) is 4.05. The first-order valence-electron chi connectivity index (χ1n) is 8.14. The Bertz CT molecular complexity index is 883. The van der Waals surface area contributed by atoms with E-state index in [9.17, 15) is 9.59 Å². The number of thioether (sulfide) groups is 1. The SMILES string of the molecule is CCc1ccc(-c2ccc(C=C3SC(=S)N(CCC(=O)O)C3=O)o2)cc1. The van der Waals surface area contributed by atoms with Crippen molar-refractivity contribution in [3.8, 4) is 11.3 Å². The molecule has 2 aromatic rings. The first-order chi connectivity index (χ1) is 12.5. The number of benzene rings is 1. The molecule has 0 unspecified atom stereocenters. The van der Waals surface area contributed by atoms with E-state index in [1.165, 1.54) is 10.5 Å². The molecule has 1 saturated heterocycles. The van der Waals surface area contributed by atoms with Gasteiger partial charge in [0, 0.05) is 18.2 Å². The maximum Gasteiger partial charge on any atom is 0.305 e. The molecule has 1 aromatic carbocycles. The Balaban J connectivity index is 1.76. The number of nitrogens with zero attached hydrogens (tertiary/aromatic N) is 1. The number of amides is 1. The number of rotatable bonds is 6. The number of hydrogen-bond donors (Lipinski definition) is 1. The topological polar surface area (TPSA) is 70.8 Å². The second-order valence-corrected chi connectivity index (χ2v) is 7.41. The van der Waals surface area contributed by atoms with Crippen molar-refractivity contribution in [3.05, 3.63) is 52.6 Å². The van der Waals surface area contributed by atoms with Crippen molar-refractivity contribution in [3.63, 3.8) is 0 Å². The van der Waals surface area contributed by atoms with E-state index in [0.29, 0.717) is 15.0 Å². The van der Waals surface area contributed by atoms with Crippen LogP contribution < -0.4 is 0 Å². The fourth-order valence-electron chi connectivity index (χ4n) is 2.52. The standard InChI is InChI=1S/C19H17NO4S2/c1-2-12-3-5-13(6-4-12)15-8-7-14(24-15)11-16-18(23)20(19(25)26-16)10-9-17(21)22/h3-8,11H,2,9-10H2,1H3,(H,21,22). The van der Waals surface area contributed by atoms with Gasteiger partial charge in [-0.15, -0.1) is 0 Å². The lowest BCUT2D eigenvalue weighted by molar-refractivity contribution is -0.137. The van der Waals surface area contributed by atoms with Crippen LogP contribution in [0.15, 0.2) is 45.7 Å². The zero-order valence-electron chi connectivity index (χ0n) is 14.1. The van der Waals surface area contributed by atoms with E-state index in [4.69, 9.17) is 21.7 Å². The predicted octanol–water partition coefficient (Wildman–Crippen LogP) is 4.18. The predicted molar refractivity (Wildman–Crippen MR) is 106 cm³/mol. The van der Waals surface area contributed by atoms with Crippen molar-refractivity contribution < 1.29 is 19.1 Å². The van der Waals surface area contributed by atoms with Crippen molar-refractivity contribution in [1.82, 2.24) is 4.90 Å². The smallest absolute Gasteiger partial charge is 0.305 e. The average molecular weight is 387 g/mol. The highest BCUT2D eigenvalue weighted by Crippen LogP contribution is 2.33. The summed E-state index contributed by atoms with van der Waals surface area (Å²) in [6.07, 6.45) is 2.48.